The van der Waals surface area contributed by atoms with Gasteiger partial charge in [0.25, 0.3) is 0 Å². The van der Waals surface area contributed by atoms with Crippen LogP contribution < -0.4 is 9.47 Å². The van der Waals surface area contributed by atoms with Crippen molar-refractivity contribution in [2.45, 2.75) is 39.9 Å². The topological polar surface area (TPSA) is 35.5 Å². The number of carbonyl (C=O) groups is 1. The van der Waals surface area contributed by atoms with Gasteiger partial charge in [-0.05, 0) is 39.8 Å². The molecule has 0 spiro atoms. The van der Waals surface area contributed by atoms with Crippen LogP contribution in [0.5, 0.6) is 11.5 Å². The van der Waals surface area contributed by atoms with Gasteiger partial charge < -0.3 is 9.47 Å². The Labute approximate surface area is 96.4 Å². The highest BCUT2D eigenvalue weighted by Crippen LogP contribution is 2.25. The molecule has 0 fully saturated rings. The van der Waals surface area contributed by atoms with Gasteiger partial charge >= 0.3 is 0 Å². The molecule has 1 rings (SSSR count). The Hall–Kier alpha value is -1.51. The largest absolute Gasteiger partial charge is 0.491 e. The summed E-state index contributed by atoms with van der Waals surface area (Å²) < 4.78 is 11.1. The van der Waals surface area contributed by atoms with Crippen molar-refractivity contribution in [3.63, 3.8) is 0 Å². The van der Waals surface area contributed by atoms with E-state index >= 15 is 0 Å². The fourth-order valence-electron chi connectivity index (χ4n) is 1.31. The van der Waals surface area contributed by atoms with E-state index in [0.717, 1.165) is 12.0 Å². The Morgan fingerprint density at radius 2 is 1.69 bits per heavy atom. The number of hydrogen-bond donors (Lipinski definition) is 0. The molecule has 3 heteroatoms. The van der Waals surface area contributed by atoms with Gasteiger partial charge in [0.05, 0.1) is 17.8 Å². The van der Waals surface area contributed by atoms with E-state index in [1.165, 1.54) is 0 Å². The number of aldehydes is 1. The molecule has 0 aliphatic rings. The van der Waals surface area contributed by atoms with E-state index in [2.05, 4.69) is 0 Å². The van der Waals surface area contributed by atoms with Gasteiger partial charge in [-0.2, -0.15) is 0 Å². The molecule has 0 atom stereocenters. The maximum Gasteiger partial charge on any atom is 0.153 e. The quantitative estimate of drug-likeness (QED) is 0.718. The zero-order valence-electron chi connectivity index (χ0n) is 10.2. The first-order valence-electron chi connectivity index (χ1n) is 5.45. The molecule has 0 amide bonds. The van der Waals surface area contributed by atoms with Crippen LogP contribution in [0.15, 0.2) is 18.2 Å². The van der Waals surface area contributed by atoms with E-state index in [9.17, 15) is 4.79 Å². The average Bonchev–Trinajstić information content (AvgIpc) is 2.16. The maximum atomic E-state index is 10.8. The van der Waals surface area contributed by atoms with Crippen LogP contribution in [0.3, 0.4) is 0 Å². The van der Waals surface area contributed by atoms with Gasteiger partial charge in [0.15, 0.2) is 6.29 Å². The molecule has 0 aromatic heterocycles. The second-order valence-electron chi connectivity index (χ2n) is 4.15. The van der Waals surface area contributed by atoms with E-state index in [0.29, 0.717) is 11.3 Å². The summed E-state index contributed by atoms with van der Waals surface area (Å²) in [6.07, 6.45) is 0.929. The molecule has 0 heterocycles. The third kappa shape index (κ3) is 3.57. The number of rotatable bonds is 5. The number of benzene rings is 1. The molecule has 0 aliphatic heterocycles. The fourth-order valence-corrected chi connectivity index (χ4v) is 1.31. The third-order valence-electron chi connectivity index (χ3n) is 1.85. The van der Waals surface area contributed by atoms with E-state index in [1.54, 1.807) is 18.2 Å². The van der Waals surface area contributed by atoms with Crippen molar-refractivity contribution in [2.75, 3.05) is 0 Å². The second-order valence-corrected chi connectivity index (χ2v) is 4.15. The van der Waals surface area contributed by atoms with Gasteiger partial charge in [0, 0.05) is 6.07 Å². The standard InChI is InChI=1S/C13H18O3/c1-9(2)15-12-6-5-11(8-14)13(7-12)16-10(3)4/h5-10H,1-4H3. The number of ether oxygens (including phenoxy) is 2. The molecule has 0 bridgehead atoms. The Morgan fingerprint density at radius 3 is 2.19 bits per heavy atom. The zero-order chi connectivity index (χ0) is 12.1. The summed E-state index contributed by atoms with van der Waals surface area (Å²) in [7, 11) is 0. The maximum absolute atomic E-state index is 10.8. The minimum Gasteiger partial charge on any atom is -0.491 e. The van der Waals surface area contributed by atoms with Crippen LogP contribution in [-0.2, 0) is 0 Å². The summed E-state index contributed by atoms with van der Waals surface area (Å²) >= 11 is 0. The minimum atomic E-state index is 0.0352. The predicted octanol–water partition coefficient (Wildman–Crippen LogP) is 3.07. The molecule has 1 aromatic rings. The molecular weight excluding hydrogens is 204 g/mol. The Balaban J connectivity index is 2.96. The molecule has 88 valence electrons. The lowest BCUT2D eigenvalue weighted by Crippen LogP contribution is -2.09. The van der Waals surface area contributed by atoms with Crippen molar-refractivity contribution in [1.82, 2.24) is 0 Å². The van der Waals surface area contributed by atoms with Gasteiger partial charge in [0.2, 0.25) is 0 Å². The lowest BCUT2D eigenvalue weighted by Gasteiger charge is -2.15. The first kappa shape index (κ1) is 12.6. The van der Waals surface area contributed by atoms with Crippen molar-refractivity contribution in [3.8, 4) is 11.5 Å². The first-order valence-corrected chi connectivity index (χ1v) is 5.45. The van der Waals surface area contributed by atoms with Crippen LogP contribution in [0.25, 0.3) is 0 Å². The van der Waals surface area contributed by atoms with Crippen LogP contribution in [0.2, 0.25) is 0 Å². The first-order chi connectivity index (χ1) is 7.52. The van der Waals surface area contributed by atoms with E-state index in [-0.39, 0.29) is 12.2 Å². The van der Waals surface area contributed by atoms with E-state index in [4.69, 9.17) is 9.47 Å². The van der Waals surface area contributed by atoms with E-state index in [1.807, 2.05) is 27.7 Å². The normalized spacial score (nSPS) is 10.6. The lowest BCUT2D eigenvalue weighted by atomic mass is 10.2. The Bertz CT molecular complexity index is 356. The Morgan fingerprint density at radius 1 is 1.06 bits per heavy atom. The lowest BCUT2D eigenvalue weighted by molar-refractivity contribution is 0.111. The molecule has 0 unspecified atom stereocenters. The number of hydrogen-bond acceptors (Lipinski definition) is 3. The molecular formula is C13H18O3. The van der Waals surface area contributed by atoms with Crippen molar-refractivity contribution in [1.29, 1.82) is 0 Å². The molecule has 1 aromatic carbocycles. The summed E-state index contributed by atoms with van der Waals surface area (Å²) in [4.78, 5) is 10.8. The molecule has 0 aliphatic carbocycles. The van der Waals surface area contributed by atoms with Crippen LogP contribution in [-0.4, -0.2) is 18.5 Å². The van der Waals surface area contributed by atoms with Gasteiger partial charge in [0.1, 0.15) is 11.5 Å². The minimum absolute atomic E-state index is 0.0352. The van der Waals surface area contributed by atoms with Gasteiger partial charge in [-0.3, -0.25) is 4.79 Å². The SMILES string of the molecule is CC(C)Oc1ccc(C=O)c(OC(C)C)c1. The summed E-state index contributed by atoms with van der Waals surface area (Å²) in [5.74, 6) is 1.29. The highest BCUT2D eigenvalue weighted by molar-refractivity contribution is 5.79. The van der Waals surface area contributed by atoms with Gasteiger partial charge in [-0.25, -0.2) is 0 Å². The predicted molar refractivity (Wildman–Crippen MR) is 63.4 cm³/mol. The van der Waals surface area contributed by atoms with Crippen molar-refractivity contribution in [3.05, 3.63) is 23.8 Å². The number of carbonyl (C=O) groups excluding carboxylic acids is 1. The van der Waals surface area contributed by atoms with Crippen LogP contribution in [0.4, 0.5) is 0 Å². The average molecular weight is 222 g/mol. The summed E-state index contributed by atoms with van der Waals surface area (Å²) in [6, 6.07) is 5.24. The molecule has 0 saturated carbocycles. The molecule has 0 radical (unpaired) electrons. The highest BCUT2D eigenvalue weighted by Gasteiger charge is 2.08. The summed E-state index contributed by atoms with van der Waals surface area (Å²) in [6.45, 7) is 7.75. The summed E-state index contributed by atoms with van der Waals surface area (Å²) in [5.41, 5.74) is 0.546. The van der Waals surface area contributed by atoms with Crippen molar-refractivity contribution >= 4 is 6.29 Å². The van der Waals surface area contributed by atoms with Crippen LogP contribution in [0.1, 0.15) is 38.1 Å². The molecule has 0 saturated heterocycles. The third-order valence-corrected chi connectivity index (χ3v) is 1.85. The van der Waals surface area contributed by atoms with Gasteiger partial charge in [-0.1, -0.05) is 0 Å². The van der Waals surface area contributed by atoms with Crippen LogP contribution in [0, 0.1) is 0 Å². The smallest absolute Gasteiger partial charge is 0.153 e. The van der Waals surface area contributed by atoms with E-state index < -0.39 is 0 Å². The Kier molecular flexibility index (Phi) is 4.35. The monoisotopic (exact) mass is 222 g/mol. The van der Waals surface area contributed by atoms with Crippen molar-refractivity contribution < 1.29 is 14.3 Å². The summed E-state index contributed by atoms with van der Waals surface area (Å²) in [5, 5.41) is 0. The van der Waals surface area contributed by atoms with Gasteiger partial charge in [-0.15, -0.1) is 0 Å². The molecule has 0 N–H and O–H groups in total. The molecule has 3 nitrogen and oxygen atoms in total. The van der Waals surface area contributed by atoms with Crippen molar-refractivity contribution in [2.24, 2.45) is 0 Å². The highest BCUT2D eigenvalue weighted by atomic mass is 16.5. The molecule has 16 heavy (non-hydrogen) atoms. The zero-order valence-corrected chi connectivity index (χ0v) is 10.2. The second kappa shape index (κ2) is 5.54. The van der Waals surface area contributed by atoms with Crippen LogP contribution >= 0.6 is 0 Å². The fraction of sp³-hybridized carbons (Fsp3) is 0.462.